The summed E-state index contributed by atoms with van der Waals surface area (Å²) in [4.78, 5) is 11.5. The topological polar surface area (TPSA) is 109 Å². The fourth-order valence-electron chi connectivity index (χ4n) is 2.33. The predicted molar refractivity (Wildman–Crippen MR) is 95.1 cm³/mol. The Bertz CT molecular complexity index is 629. The SMILES string of the molecule is CCCCCS(=O)(=O)C(C=CN)NC(Cc1ccccc1)C(=O)O. The molecule has 1 rings (SSSR count). The molecule has 0 fully saturated rings. The molecule has 0 spiro atoms. The molecule has 1 aromatic carbocycles. The first-order valence-electron chi connectivity index (χ1n) is 8.03. The Balaban J connectivity index is 2.88. The van der Waals surface area contributed by atoms with E-state index in [1.165, 1.54) is 6.08 Å². The third-order valence-electron chi connectivity index (χ3n) is 3.65. The summed E-state index contributed by atoms with van der Waals surface area (Å²) in [5.74, 6) is -1.10. The second-order valence-corrected chi connectivity index (χ2v) is 7.87. The Hall–Kier alpha value is -1.86. The molecule has 0 bridgehead atoms. The van der Waals surface area contributed by atoms with Crippen LogP contribution in [0.2, 0.25) is 0 Å². The van der Waals surface area contributed by atoms with Gasteiger partial charge in [-0.1, -0.05) is 50.1 Å². The first-order valence-corrected chi connectivity index (χ1v) is 9.75. The van der Waals surface area contributed by atoms with Crippen LogP contribution in [0.15, 0.2) is 42.6 Å². The van der Waals surface area contributed by atoms with E-state index in [0.717, 1.165) is 24.6 Å². The highest BCUT2D eigenvalue weighted by Gasteiger charge is 2.28. The molecule has 0 saturated heterocycles. The smallest absolute Gasteiger partial charge is 0.321 e. The maximum absolute atomic E-state index is 12.4. The number of carboxylic acids is 1. The van der Waals surface area contributed by atoms with Crippen molar-refractivity contribution < 1.29 is 18.3 Å². The summed E-state index contributed by atoms with van der Waals surface area (Å²) >= 11 is 0. The van der Waals surface area contributed by atoms with Crippen LogP contribution in [-0.2, 0) is 21.1 Å². The highest BCUT2D eigenvalue weighted by molar-refractivity contribution is 7.92. The normalized spacial score (nSPS) is 14.5. The van der Waals surface area contributed by atoms with Crippen LogP contribution < -0.4 is 11.1 Å². The van der Waals surface area contributed by atoms with Gasteiger partial charge in [0.2, 0.25) is 0 Å². The maximum Gasteiger partial charge on any atom is 0.321 e. The molecule has 24 heavy (non-hydrogen) atoms. The highest BCUT2D eigenvalue weighted by atomic mass is 32.2. The van der Waals surface area contributed by atoms with Gasteiger partial charge in [0.15, 0.2) is 9.84 Å². The lowest BCUT2D eigenvalue weighted by atomic mass is 10.1. The van der Waals surface area contributed by atoms with Crippen molar-refractivity contribution >= 4 is 15.8 Å². The van der Waals surface area contributed by atoms with Crippen LogP contribution >= 0.6 is 0 Å². The Morgan fingerprint density at radius 2 is 1.96 bits per heavy atom. The molecule has 0 heterocycles. The van der Waals surface area contributed by atoms with Crippen LogP contribution in [-0.4, -0.2) is 36.7 Å². The Morgan fingerprint density at radius 3 is 2.50 bits per heavy atom. The lowest BCUT2D eigenvalue weighted by Crippen LogP contribution is -2.48. The van der Waals surface area contributed by atoms with Gasteiger partial charge in [0.25, 0.3) is 0 Å². The molecule has 0 aliphatic rings. The molecule has 2 atom stereocenters. The van der Waals surface area contributed by atoms with Crippen LogP contribution in [0.3, 0.4) is 0 Å². The average molecular weight is 354 g/mol. The first kappa shape index (κ1) is 20.2. The number of sulfone groups is 1. The van der Waals surface area contributed by atoms with E-state index in [2.05, 4.69) is 5.32 Å². The molecular weight excluding hydrogens is 328 g/mol. The summed E-state index contributed by atoms with van der Waals surface area (Å²) in [7, 11) is -3.52. The van der Waals surface area contributed by atoms with Crippen molar-refractivity contribution in [2.45, 2.75) is 44.0 Å². The van der Waals surface area contributed by atoms with E-state index in [0.29, 0.717) is 6.42 Å². The van der Waals surface area contributed by atoms with E-state index >= 15 is 0 Å². The molecule has 6 nitrogen and oxygen atoms in total. The molecule has 0 saturated carbocycles. The van der Waals surface area contributed by atoms with Crippen LogP contribution in [0.25, 0.3) is 0 Å². The van der Waals surface area contributed by atoms with Crippen molar-refractivity contribution in [1.82, 2.24) is 5.32 Å². The van der Waals surface area contributed by atoms with E-state index in [9.17, 15) is 18.3 Å². The van der Waals surface area contributed by atoms with Crippen LogP contribution in [0.5, 0.6) is 0 Å². The summed E-state index contributed by atoms with van der Waals surface area (Å²) in [6, 6.07) is 8.06. The van der Waals surface area contributed by atoms with Crippen molar-refractivity contribution in [3.63, 3.8) is 0 Å². The van der Waals surface area contributed by atoms with Crippen LogP contribution in [0.1, 0.15) is 31.7 Å². The molecule has 1 aromatic rings. The van der Waals surface area contributed by atoms with Gasteiger partial charge in [0.1, 0.15) is 11.4 Å². The third kappa shape index (κ3) is 6.72. The first-order chi connectivity index (χ1) is 11.4. The van der Waals surface area contributed by atoms with Gasteiger partial charge in [-0.15, -0.1) is 0 Å². The fraction of sp³-hybridized carbons (Fsp3) is 0.471. The fourth-order valence-corrected chi connectivity index (χ4v) is 3.89. The number of nitrogens with one attached hydrogen (secondary N) is 1. The summed E-state index contributed by atoms with van der Waals surface area (Å²) in [6.45, 7) is 1.99. The van der Waals surface area contributed by atoms with Gasteiger partial charge < -0.3 is 10.8 Å². The maximum atomic E-state index is 12.4. The summed E-state index contributed by atoms with van der Waals surface area (Å²) in [5, 5.41) is 11.0. The number of carbonyl (C=O) groups is 1. The molecule has 4 N–H and O–H groups in total. The van der Waals surface area contributed by atoms with Gasteiger partial charge in [-0.2, -0.15) is 0 Å². The second kappa shape index (κ2) is 10.1. The second-order valence-electron chi connectivity index (χ2n) is 5.63. The van der Waals surface area contributed by atoms with E-state index in [4.69, 9.17) is 5.73 Å². The number of benzene rings is 1. The van der Waals surface area contributed by atoms with E-state index in [1.54, 1.807) is 12.1 Å². The zero-order valence-electron chi connectivity index (χ0n) is 13.9. The quantitative estimate of drug-likeness (QED) is 0.522. The molecule has 0 aliphatic carbocycles. The van der Waals surface area contributed by atoms with Gasteiger partial charge in [-0.05, 0) is 30.7 Å². The minimum atomic E-state index is -3.52. The minimum Gasteiger partial charge on any atom is -0.480 e. The number of rotatable bonds is 11. The largest absolute Gasteiger partial charge is 0.480 e. The number of unbranched alkanes of at least 4 members (excludes halogenated alkanes) is 2. The molecule has 134 valence electrons. The van der Waals surface area contributed by atoms with Crippen molar-refractivity contribution in [2.75, 3.05) is 5.75 Å². The van der Waals surface area contributed by atoms with E-state index in [-0.39, 0.29) is 12.2 Å². The minimum absolute atomic E-state index is 0.000519. The van der Waals surface area contributed by atoms with Crippen molar-refractivity contribution in [3.05, 3.63) is 48.2 Å². The monoisotopic (exact) mass is 354 g/mol. The number of hydrogen-bond donors (Lipinski definition) is 3. The number of aliphatic carboxylic acids is 1. The van der Waals surface area contributed by atoms with Crippen LogP contribution in [0, 0.1) is 0 Å². The molecule has 0 aliphatic heterocycles. The van der Waals surface area contributed by atoms with Crippen molar-refractivity contribution in [3.8, 4) is 0 Å². The van der Waals surface area contributed by atoms with E-state index in [1.807, 2.05) is 25.1 Å². The summed E-state index contributed by atoms with van der Waals surface area (Å²) < 4.78 is 24.9. The van der Waals surface area contributed by atoms with Crippen LogP contribution in [0.4, 0.5) is 0 Å². The lowest BCUT2D eigenvalue weighted by Gasteiger charge is -2.21. The molecule has 0 radical (unpaired) electrons. The Morgan fingerprint density at radius 1 is 1.29 bits per heavy atom. The predicted octanol–water partition coefficient (Wildman–Crippen LogP) is 1.68. The number of nitrogens with two attached hydrogens (primary N) is 1. The zero-order chi connectivity index (χ0) is 18.0. The molecule has 7 heteroatoms. The molecule has 0 aromatic heterocycles. The van der Waals surface area contributed by atoms with Gasteiger partial charge in [-0.25, -0.2) is 8.42 Å². The van der Waals surface area contributed by atoms with Crippen molar-refractivity contribution in [1.29, 1.82) is 0 Å². The summed E-state index contributed by atoms with van der Waals surface area (Å²) in [5.41, 5.74) is 6.17. The zero-order valence-corrected chi connectivity index (χ0v) is 14.7. The van der Waals surface area contributed by atoms with Gasteiger partial charge in [0.05, 0.1) is 5.75 Å². The lowest BCUT2D eigenvalue weighted by molar-refractivity contribution is -0.139. The Labute approximate surface area is 143 Å². The molecule has 2 unspecified atom stereocenters. The number of carboxylic acid groups (broad SMARTS) is 1. The highest BCUT2D eigenvalue weighted by Crippen LogP contribution is 2.10. The van der Waals surface area contributed by atoms with Gasteiger partial charge >= 0.3 is 5.97 Å². The van der Waals surface area contributed by atoms with Crippen molar-refractivity contribution in [2.24, 2.45) is 5.73 Å². The molecular formula is C17H26N2O4S. The standard InChI is InChI=1S/C17H26N2O4S/c1-2-3-7-12-24(22,23)16(10-11-18)19-15(17(20)21)13-14-8-5-4-6-9-14/h4-6,8-11,15-16,19H,2-3,7,12-13,18H2,1H3,(H,20,21). The third-order valence-corrected chi connectivity index (χ3v) is 5.58. The Kier molecular flexibility index (Phi) is 8.49. The number of hydrogen-bond acceptors (Lipinski definition) is 5. The van der Waals surface area contributed by atoms with Gasteiger partial charge in [0, 0.05) is 0 Å². The molecule has 0 amide bonds. The average Bonchev–Trinajstić information content (AvgIpc) is 2.54. The van der Waals surface area contributed by atoms with E-state index < -0.39 is 27.2 Å². The van der Waals surface area contributed by atoms with Gasteiger partial charge in [-0.3, -0.25) is 10.1 Å². The summed E-state index contributed by atoms with van der Waals surface area (Å²) in [6.07, 6.45) is 4.89.